The Kier molecular flexibility index (Phi) is 5.84. The molecule has 0 spiro atoms. The number of nitrogens with zero attached hydrogens (tertiary/aromatic N) is 1. The van der Waals surface area contributed by atoms with Crippen LogP contribution in [0.1, 0.15) is 16.7 Å². The first kappa shape index (κ1) is 17.5. The van der Waals surface area contributed by atoms with Gasteiger partial charge < -0.3 is 10.6 Å². The Morgan fingerprint density at radius 1 is 0.769 bits per heavy atom. The second-order valence-corrected chi connectivity index (χ2v) is 6.17. The maximum absolute atomic E-state index is 12.8. The van der Waals surface area contributed by atoms with Crippen molar-refractivity contribution in [3.05, 3.63) is 108 Å². The lowest BCUT2D eigenvalue weighted by molar-refractivity contribution is -0.127. The summed E-state index contributed by atoms with van der Waals surface area (Å²) in [4.78, 5) is 14.7. The van der Waals surface area contributed by atoms with Crippen molar-refractivity contribution in [2.45, 2.75) is 13.1 Å². The molecule has 0 saturated heterocycles. The van der Waals surface area contributed by atoms with E-state index in [1.165, 1.54) is 0 Å². The number of nitrogen functional groups attached to an aromatic ring is 1. The number of amides is 1. The topological polar surface area (TPSA) is 46.3 Å². The summed E-state index contributed by atoms with van der Waals surface area (Å²) in [6.45, 7) is 1.14. The molecule has 26 heavy (non-hydrogen) atoms. The van der Waals surface area contributed by atoms with Crippen molar-refractivity contribution in [1.82, 2.24) is 4.90 Å². The molecule has 1 amide bonds. The zero-order chi connectivity index (χ0) is 18.2. The van der Waals surface area contributed by atoms with Gasteiger partial charge in [0.1, 0.15) is 0 Å². The summed E-state index contributed by atoms with van der Waals surface area (Å²) in [5.74, 6) is -0.0190. The van der Waals surface area contributed by atoms with Crippen LogP contribution in [0.3, 0.4) is 0 Å². The number of nitrogens with two attached hydrogens (primary N) is 1. The maximum atomic E-state index is 12.8. The van der Waals surface area contributed by atoms with E-state index in [0.29, 0.717) is 18.8 Å². The molecule has 0 aliphatic carbocycles. The Morgan fingerprint density at radius 2 is 1.27 bits per heavy atom. The minimum absolute atomic E-state index is 0.0190. The van der Waals surface area contributed by atoms with Crippen molar-refractivity contribution in [3.8, 4) is 0 Å². The van der Waals surface area contributed by atoms with Crippen LogP contribution in [0.25, 0.3) is 6.08 Å². The van der Waals surface area contributed by atoms with Gasteiger partial charge in [-0.2, -0.15) is 0 Å². The molecule has 2 N–H and O–H groups in total. The lowest BCUT2D eigenvalue weighted by Gasteiger charge is -2.21. The summed E-state index contributed by atoms with van der Waals surface area (Å²) in [7, 11) is 0. The quantitative estimate of drug-likeness (QED) is 0.529. The SMILES string of the molecule is Nc1ccc(/C=C/C(=O)N(Cc2ccccc2)Cc2ccccc2)cc1. The van der Waals surface area contributed by atoms with E-state index in [-0.39, 0.29) is 5.91 Å². The third kappa shape index (κ3) is 5.08. The Labute approximate surface area is 154 Å². The molecule has 3 heteroatoms. The normalized spacial score (nSPS) is 10.8. The van der Waals surface area contributed by atoms with E-state index >= 15 is 0 Å². The highest BCUT2D eigenvalue weighted by molar-refractivity contribution is 5.91. The van der Waals surface area contributed by atoms with E-state index in [4.69, 9.17) is 5.73 Å². The molecular formula is C23H22N2O. The lowest BCUT2D eigenvalue weighted by Crippen LogP contribution is -2.28. The molecule has 3 aromatic carbocycles. The summed E-state index contributed by atoms with van der Waals surface area (Å²) in [5, 5.41) is 0. The van der Waals surface area contributed by atoms with Crippen molar-refractivity contribution >= 4 is 17.7 Å². The number of benzene rings is 3. The molecule has 0 fully saturated rings. The molecule has 0 unspecified atom stereocenters. The van der Waals surface area contributed by atoms with Gasteiger partial charge in [-0.1, -0.05) is 72.8 Å². The molecule has 0 radical (unpaired) electrons. The van der Waals surface area contributed by atoms with Gasteiger partial charge in [-0.05, 0) is 34.9 Å². The Balaban J connectivity index is 1.76. The summed E-state index contributed by atoms with van der Waals surface area (Å²) >= 11 is 0. The average Bonchev–Trinajstić information content (AvgIpc) is 2.68. The molecule has 0 saturated carbocycles. The second kappa shape index (κ2) is 8.67. The summed E-state index contributed by atoms with van der Waals surface area (Å²) in [6.07, 6.45) is 3.45. The molecule has 0 bridgehead atoms. The van der Waals surface area contributed by atoms with Crippen LogP contribution in [-0.4, -0.2) is 10.8 Å². The van der Waals surface area contributed by atoms with Crippen molar-refractivity contribution in [3.63, 3.8) is 0 Å². The van der Waals surface area contributed by atoms with Crippen LogP contribution in [0.5, 0.6) is 0 Å². The van der Waals surface area contributed by atoms with E-state index in [2.05, 4.69) is 0 Å². The van der Waals surface area contributed by atoms with E-state index < -0.39 is 0 Å². The van der Waals surface area contributed by atoms with Gasteiger partial charge in [0.25, 0.3) is 0 Å². The van der Waals surface area contributed by atoms with Gasteiger partial charge in [0.05, 0.1) is 0 Å². The third-order valence-electron chi connectivity index (χ3n) is 4.10. The molecule has 0 aromatic heterocycles. The van der Waals surface area contributed by atoms with Gasteiger partial charge in [0, 0.05) is 24.9 Å². The Bertz CT molecular complexity index is 814. The lowest BCUT2D eigenvalue weighted by atomic mass is 10.1. The molecule has 130 valence electrons. The number of anilines is 1. The minimum Gasteiger partial charge on any atom is -0.399 e. The average molecular weight is 342 g/mol. The van der Waals surface area contributed by atoms with Crippen molar-refractivity contribution < 1.29 is 4.79 Å². The van der Waals surface area contributed by atoms with E-state index in [1.807, 2.05) is 95.9 Å². The molecule has 3 nitrogen and oxygen atoms in total. The van der Waals surface area contributed by atoms with E-state index in [9.17, 15) is 4.79 Å². The van der Waals surface area contributed by atoms with E-state index in [1.54, 1.807) is 6.08 Å². The Hall–Kier alpha value is -3.33. The fourth-order valence-electron chi connectivity index (χ4n) is 2.70. The smallest absolute Gasteiger partial charge is 0.247 e. The predicted octanol–water partition coefficient (Wildman–Crippen LogP) is 4.51. The molecule has 0 heterocycles. The monoisotopic (exact) mass is 342 g/mol. The molecule has 3 aromatic rings. The summed E-state index contributed by atoms with van der Waals surface area (Å²) in [5.41, 5.74) is 9.58. The van der Waals surface area contributed by atoms with Crippen molar-refractivity contribution in [2.24, 2.45) is 0 Å². The standard InChI is InChI=1S/C23H22N2O/c24-22-14-11-19(12-15-22)13-16-23(26)25(17-20-7-3-1-4-8-20)18-21-9-5-2-6-10-21/h1-16H,17-18,24H2/b16-13+. The van der Waals surface area contributed by atoms with E-state index in [0.717, 1.165) is 16.7 Å². The van der Waals surface area contributed by atoms with Crippen LogP contribution in [0.15, 0.2) is 91.0 Å². The highest BCUT2D eigenvalue weighted by Gasteiger charge is 2.12. The molecule has 0 aliphatic rings. The summed E-state index contributed by atoms with van der Waals surface area (Å²) < 4.78 is 0. The van der Waals surface area contributed by atoms with Crippen molar-refractivity contribution in [1.29, 1.82) is 0 Å². The van der Waals surface area contributed by atoms with Gasteiger partial charge in [-0.3, -0.25) is 4.79 Å². The van der Waals surface area contributed by atoms with Crippen molar-refractivity contribution in [2.75, 3.05) is 5.73 Å². The fourth-order valence-corrected chi connectivity index (χ4v) is 2.70. The van der Waals surface area contributed by atoms with Crippen LogP contribution in [0.4, 0.5) is 5.69 Å². The maximum Gasteiger partial charge on any atom is 0.247 e. The van der Waals surface area contributed by atoms with Gasteiger partial charge in [0.2, 0.25) is 5.91 Å². The molecule has 0 atom stereocenters. The highest BCUT2D eigenvalue weighted by atomic mass is 16.2. The number of hydrogen-bond donors (Lipinski definition) is 1. The van der Waals surface area contributed by atoms with Crippen LogP contribution in [-0.2, 0) is 17.9 Å². The Morgan fingerprint density at radius 3 is 1.77 bits per heavy atom. The zero-order valence-electron chi connectivity index (χ0n) is 14.6. The number of carbonyl (C=O) groups is 1. The van der Waals surface area contributed by atoms with Crippen LogP contribution >= 0.6 is 0 Å². The van der Waals surface area contributed by atoms with Gasteiger partial charge in [0.15, 0.2) is 0 Å². The number of hydrogen-bond acceptors (Lipinski definition) is 2. The minimum atomic E-state index is -0.0190. The predicted molar refractivity (Wildman–Crippen MR) is 107 cm³/mol. The van der Waals surface area contributed by atoms with Gasteiger partial charge in [-0.25, -0.2) is 0 Å². The fraction of sp³-hybridized carbons (Fsp3) is 0.0870. The molecule has 0 aliphatic heterocycles. The van der Waals surface area contributed by atoms with Crippen LogP contribution < -0.4 is 5.73 Å². The molecule has 3 rings (SSSR count). The first-order valence-electron chi connectivity index (χ1n) is 8.61. The second-order valence-electron chi connectivity index (χ2n) is 6.17. The first-order chi connectivity index (χ1) is 12.7. The van der Waals surface area contributed by atoms with Crippen LogP contribution in [0.2, 0.25) is 0 Å². The molecular weight excluding hydrogens is 320 g/mol. The zero-order valence-corrected chi connectivity index (χ0v) is 14.6. The summed E-state index contributed by atoms with van der Waals surface area (Å²) in [6, 6.07) is 27.5. The van der Waals surface area contributed by atoms with Gasteiger partial charge in [-0.15, -0.1) is 0 Å². The first-order valence-corrected chi connectivity index (χ1v) is 8.61. The number of carbonyl (C=O) groups excluding carboxylic acids is 1. The third-order valence-corrected chi connectivity index (χ3v) is 4.10. The largest absolute Gasteiger partial charge is 0.399 e. The van der Waals surface area contributed by atoms with Gasteiger partial charge >= 0.3 is 0 Å². The van der Waals surface area contributed by atoms with Crippen LogP contribution in [0, 0.1) is 0 Å². The highest BCUT2D eigenvalue weighted by Crippen LogP contribution is 2.12. The number of rotatable bonds is 6.